The number of hydrogen-bond donors (Lipinski definition) is 1. The van der Waals surface area contributed by atoms with Gasteiger partial charge in [-0.1, -0.05) is 6.07 Å². The van der Waals surface area contributed by atoms with Crippen LogP contribution >= 0.6 is 0 Å². The predicted molar refractivity (Wildman–Crippen MR) is 66.8 cm³/mol. The van der Waals surface area contributed by atoms with Gasteiger partial charge in [-0.25, -0.2) is 4.39 Å². The number of halogens is 1. The van der Waals surface area contributed by atoms with E-state index in [9.17, 15) is 4.39 Å². The lowest BCUT2D eigenvalue weighted by molar-refractivity contribution is 0.188. The Bertz CT molecular complexity index is 384. The van der Waals surface area contributed by atoms with E-state index in [1.165, 1.54) is 11.6 Å². The second-order valence-corrected chi connectivity index (χ2v) is 4.51. The summed E-state index contributed by atoms with van der Waals surface area (Å²) in [5, 5.41) is 0. The van der Waals surface area contributed by atoms with E-state index in [0.717, 1.165) is 31.6 Å². The van der Waals surface area contributed by atoms with Crippen LogP contribution in [-0.2, 0) is 11.2 Å². The van der Waals surface area contributed by atoms with Crippen LogP contribution in [0.5, 0.6) is 0 Å². The summed E-state index contributed by atoms with van der Waals surface area (Å²) in [6.45, 7) is 2.37. The third-order valence-corrected chi connectivity index (χ3v) is 3.19. The maximum absolute atomic E-state index is 13.2. The van der Waals surface area contributed by atoms with Crippen LogP contribution in [0.4, 0.5) is 10.1 Å². The van der Waals surface area contributed by atoms with Crippen LogP contribution in [0.15, 0.2) is 18.2 Å². The number of nitrogens with two attached hydrogens (primary N) is 1. The second-order valence-electron chi connectivity index (χ2n) is 4.51. The maximum atomic E-state index is 13.2. The average Bonchev–Trinajstić information content (AvgIpc) is 2.69. The molecule has 0 aromatic heterocycles. The van der Waals surface area contributed by atoms with Crippen molar-refractivity contribution in [1.82, 2.24) is 0 Å². The van der Waals surface area contributed by atoms with Gasteiger partial charge in [0, 0.05) is 38.5 Å². The first-order valence-electron chi connectivity index (χ1n) is 5.98. The Morgan fingerprint density at radius 2 is 2.35 bits per heavy atom. The number of hydrogen-bond acceptors (Lipinski definition) is 3. The Morgan fingerprint density at radius 1 is 1.53 bits per heavy atom. The van der Waals surface area contributed by atoms with Crippen LogP contribution in [-0.4, -0.2) is 32.8 Å². The number of rotatable bonds is 5. The fourth-order valence-electron chi connectivity index (χ4n) is 2.25. The van der Waals surface area contributed by atoms with E-state index in [2.05, 4.69) is 4.90 Å². The maximum Gasteiger partial charge on any atom is 0.125 e. The normalized spacial score (nSPS) is 16.1. The highest BCUT2D eigenvalue weighted by Gasteiger charge is 2.21. The fraction of sp³-hybridized carbons (Fsp3) is 0.538. The fourth-order valence-corrected chi connectivity index (χ4v) is 2.25. The second kappa shape index (κ2) is 5.47. The van der Waals surface area contributed by atoms with Gasteiger partial charge < -0.3 is 15.4 Å². The average molecular weight is 238 g/mol. The molecule has 17 heavy (non-hydrogen) atoms. The van der Waals surface area contributed by atoms with Crippen LogP contribution in [0.25, 0.3) is 0 Å². The largest absolute Gasteiger partial charge is 0.385 e. The summed E-state index contributed by atoms with van der Waals surface area (Å²) in [6.07, 6.45) is 1.81. The minimum atomic E-state index is -0.180. The molecule has 0 fully saturated rings. The van der Waals surface area contributed by atoms with Crippen molar-refractivity contribution >= 4 is 5.69 Å². The van der Waals surface area contributed by atoms with Crippen molar-refractivity contribution in [3.8, 4) is 0 Å². The Balaban J connectivity index is 1.99. The predicted octanol–water partition coefficient (Wildman–Crippen LogP) is 1.55. The molecule has 1 aromatic rings. The molecule has 0 bridgehead atoms. The number of ether oxygens (including phenoxy) is 1. The number of fused-ring (bicyclic) bond motifs is 1. The monoisotopic (exact) mass is 238 g/mol. The van der Waals surface area contributed by atoms with Crippen molar-refractivity contribution in [3.63, 3.8) is 0 Å². The Morgan fingerprint density at radius 3 is 3.12 bits per heavy atom. The SMILES string of the molecule is COCCC(N)CN1CCc2ccc(F)cc21. The lowest BCUT2D eigenvalue weighted by atomic mass is 10.1. The molecule has 94 valence electrons. The number of methoxy groups -OCH3 is 1. The molecule has 3 nitrogen and oxygen atoms in total. The van der Waals surface area contributed by atoms with E-state index in [4.69, 9.17) is 10.5 Å². The van der Waals surface area contributed by atoms with Gasteiger partial charge in [0.05, 0.1) is 0 Å². The number of nitrogens with zero attached hydrogens (tertiary/aromatic N) is 1. The lowest BCUT2D eigenvalue weighted by Gasteiger charge is -2.23. The number of benzene rings is 1. The van der Waals surface area contributed by atoms with Crippen LogP contribution in [0.2, 0.25) is 0 Å². The van der Waals surface area contributed by atoms with Gasteiger partial charge in [-0.2, -0.15) is 0 Å². The Hall–Kier alpha value is -1.13. The molecule has 0 amide bonds. The van der Waals surface area contributed by atoms with E-state index in [1.807, 2.05) is 6.07 Å². The third-order valence-electron chi connectivity index (χ3n) is 3.19. The summed E-state index contributed by atoms with van der Waals surface area (Å²) in [4.78, 5) is 2.17. The van der Waals surface area contributed by atoms with Gasteiger partial charge in [0.15, 0.2) is 0 Å². The summed E-state index contributed by atoms with van der Waals surface area (Å²) in [7, 11) is 1.67. The minimum absolute atomic E-state index is 0.0733. The summed E-state index contributed by atoms with van der Waals surface area (Å²) < 4.78 is 18.2. The first-order chi connectivity index (χ1) is 8.20. The van der Waals surface area contributed by atoms with Gasteiger partial charge in [0.25, 0.3) is 0 Å². The molecule has 1 aliphatic heterocycles. The van der Waals surface area contributed by atoms with Gasteiger partial charge in [0.1, 0.15) is 5.82 Å². The Kier molecular flexibility index (Phi) is 3.97. The minimum Gasteiger partial charge on any atom is -0.385 e. The van der Waals surface area contributed by atoms with Crippen molar-refractivity contribution in [1.29, 1.82) is 0 Å². The van der Waals surface area contributed by atoms with Gasteiger partial charge in [0.2, 0.25) is 0 Å². The van der Waals surface area contributed by atoms with Crippen LogP contribution in [0.3, 0.4) is 0 Å². The van der Waals surface area contributed by atoms with Crippen molar-refractivity contribution in [2.24, 2.45) is 5.73 Å². The molecule has 1 unspecified atom stereocenters. The molecule has 0 saturated carbocycles. The molecule has 1 aromatic carbocycles. The summed E-state index contributed by atoms with van der Waals surface area (Å²) in [5.74, 6) is -0.180. The highest BCUT2D eigenvalue weighted by molar-refractivity contribution is 5.58. The zero-order valence-corrected chi connectivity index (χ0v) is 10.2. The smallest absolute Gasteiger partial charge is 0.125 e. The highest BCUT2D eigenvalue weighted by Crippen LogP contribution is 2.28. The molecule has 1 heterocycles. The zero-order valence-electron chi connectivity index (χ0n) is 10.2. The van der Waals surface area contributed by atoms with E-state index in [1.54, 1.807) is 13.2 Å². The van der Waals surface area contributed by atoms with Crippen molar-refractivity contribution < 1.29 is 9.13 Å². The quantitative estimate of drug-likeness (QED) is 0.846. The zero-order chi connectivity index (χ0) is 12.3. The topological polar surface area (TPSA) is 38.5 Å². The Labute approximate surface area is 101 Å². The summed E-state index contributed by atoms with van der Waals surface area (Å²) in [6, 6.07) is 5.06. The molecular formula is C13H19FN2O. The first-order valence-corrected chi connectivity index (χ1v) is 5.98. The molecule has 1 aliphatic rings. The standard InChI is InChI=1S/C13H19FN2O/c1-17-7-5-12(15)9-16-6-4-10-2-3-11(14)8-13(10)16/h2-3,8,12H,4-7,9,15H2,1H3. The summed E-state index contributed by atoms with van der Waals surface area (Å²) >= 11 is 0. The van der Waals surface area contributed by atoms with Gasteiger partial charge in [-0.15, -0.1) is 0 Å². The molecule has 0 radical (unpaired) electrons. The number of anilines is 1. The summed E-state index contributed by atoms with van der Waals surface area (Å²) in [5.41, 5.74) is 8.23. The van der Waals surface area contributed by atoms with E-state index in [-0.39, 0.29) is 11.9 Å². The van der Waals surface area contributed by atoms with E-state index >= 15 is 0 Å². The third kappa shape index (κ3) is 2.96. The molecule has 4 heteroatoms. The van der Waals surface area contributed by atoms with Crippen molar-refractivity contribution in [2.45, 2.75) is 18.9 Å². The first kappa shape index (κ1) is 12.3. The lowest BCUT2D eigenvalue weighted by Crippen LogP contribution is -2.37. The molecule has 1 atom stereocenters. The van der Waals surface area contributed by atoms with Crippen LogP contribution in [0, 0.1) is 5.82 Å². The van der Waals surface area contributed by atoms with E-state index < -0.39 is 0 Å². The van der Waals surface area contributed by atoms with Crippen LogP contribution in [0.1, 0.15) is 12.0 Å². The van der Waals surface area contributed by atoms with Crippen LogP contribution < -0.4 is 10.6 Å². The van der Waals surface area contributed by atoms with Crippen molar-refractivity contribution in [3.05, 3.63) is 29.6 Å². The van der Waals surface area contributed by atoms with Crippen molar-refractivity contribution in [2.75, 3.05) is 31.7 Å². The molecule has 2 rings (SSSR count). The van der Waals surface area contributed by atoms with Gasteiger partial charge >= 0.3 is 0 Å². The molecule has 0 spiro atoms. The van der Waals surface area contributed by atoms with E-state index in [0.29, 0.717) is 6.61 Å². The van der Waals surface area contributed by atoms with Gasteiger partial charge in [-0.3, -0.25) is 0 Å². The van der Waals surface area contributed by atoms with Gasteiger partial charge in [-0.05, 0) is 30.5 Å². The molecule has 0 saturated heterocycles. The highest BCUT2D eigenvalue weighted by atomic mass is 19.1. The molecule has 2 N–H and O–H groups in total. The molecular weight excluding hydrogens is 219 g/mol. The molecule has 0 aliphatic carbocycles.